The monoisotopic (exact) mass is 465 g/mol. The molecule has 0 atom stereocenters. The zero-order valence-electron chi connectivity index (χ0n) is 21.0. The van der Waals surface area contributed by atoms with E-state index in [-0.39, 0.29) is 10.8 Å². The zero-order chi connectivity index (χ0) is 24.7. The van der Waals surface area contributed by atoms with Gasteiger partial charge in [0.05, 0.1) is 11.4 Å². The van der Waals surface area contributed by atoms with E-state index in [9.17, 15) is 0 Å². The van der Waals surface area contributed by atoms with Gasteiger partial charge in [0.2, 0.25) is 0 Å². The number of hydrogen-bond donors (Lipinski definition) is 0. The highest BCUT2D eigenvalue weighted by atomic mass is 14.9. The molecule has 0 fully saturated rings. The molecule has 2 aliphatic carbocycles. The van der Waals surface area contributed by atoms with Crippen molar-refractivity contribution in [2.24, 2.45) is 0 Å². The van der Waals surface area contributed by atoms with Gasteiger partial charge >= 0.3 is 0 Å². The van der Waals surface area contributed by atoms with Crippen LogP contribution in [0.4, 0.5) is 0 Å². The van der Waals surface area contributed by atoms with Crippen LogP contribution in [0.25, 0.3) is 44.9 Å². The first-order valence-corrected chi connectivity index (χ1v) is 12.5. The minimum atomic E-state index is -0.235. The molecule has 3 nitrogen and oxygen atoms in total. The van der Waals surface area contributed by atoms with E-state index in [0.29, 0.717) is 0 Å². The zero-order valence-corrected chi connectivity index (χ0v) is 21.0. The number of pyridine rings is 1. The maximum Gasteiger partial charge on any atom is 0.159 e. The summed E-state index contributed by atoms with van der Waals surface area (Å²) in [5.41, 5.74) is 12.9. The maximum atomic E-state index is 5.04. The number of benzene rings is 3. The minimum absolute atomic E-state index is 0.0302. The molecule has 0 bridgehead atoms. The van der Waals surface area contributed by atoms with Crippen LogP contribution >= 0.6 is 0 Å². The summed E-state index contributed by atoms with van der Waals surface area (Å²) in [6.07, 6.45) is 3.98. The Morgan fingerprint density at radius 2 is 1.22 bits per heavy atom. The third-order valence-corrected chi connectivity index (χ3v) is 8.16. The molecule has 0 saturated carbocycles. The number of rotatable bonds is 2. The fourth-order valence-corrected chi connectivity index (χ4v) is 6.12. The van der Waals surface area contributed by atoms with Crippen molar-refractivity contribution in [3.63, 3.8) is 0 Å². The van der Waals surface area contributed by atoms with Crippen molar-refractivity contribution in [1.82, 2.24) is 15.0 Å². The van der Waals surface area contributed by atoms with E-state index in [0.717, 1.165) is 39.5 Å². The van der Waals surface area contributed by atoms with E-state index < -0.39 is 0 Å². The van der Waals surface area contributed by atoms with Gasteiger partial charge in [0.15, 0.2) is 5.82 Å². The highest BCUT2D eigenvalue weighted by Gasteiger charge is 2.39. The van der Waals surface area contributed by atoms with Crippen molar-refractivity contribution < 1.29 is 0 Å². The topological polar surface area (TPSA) is 38.7 Å². The van der Waals surface area contributed by atoms with Crippen molar-refractivity contribution in [2.45, 2.75) is 38.5 Å². The molecule has 0 radical (unpaired) electrons. The Bertz CT molecular complexity index is 1680. The number of aromatic nitrogens is 3. The van der Waals surface area contributed by atoms with Gasteiger partial charge in [-0.25, -0.2) is 9.97 Å². The van der Waals surface area contributed by atoms with Crippen LogP contribution in [0.2, 0.25) is 0 Å². The molecule has 7 rings (SSSR count). The highest BCUT2D eigenvalue weighted by Crippen LogP contribution is 2.51. The van der Waals surface area contributed by atoms with Gasteiger partial charge in [0.25, 0.3) is 0 Å². The molecule has 0 N–H and O–H groups in total. The summed E-state index contributed by atoms with van der Waals surface area (Å²) in [6.45, 7) is 9.15. The van der Waals surface area contributed by atoms with E-state index in [4.69, 9.17) is 15.0 Å². The van der Waals surface area contributed by atoms with Gasteiger partial charge in [-0.1, -0.05) is 94.4 Å². The molecule has 3 heteroatoms. The van der Waals surface area contributed by atoms with Crippen LogP contribution in [0.3, 0.4) is 0 Å². The molecule has 2 aliphatic rings. The van der Waals surface area contributed by atoms with Gasteiger partial charge in [0.1, 0.15) is 0 Å². The molecular formula is C33H27N3. The van der Waals surface area contributed by atoms with Gasteiger partial charge < -0.3 is 0 Å². The first-order valence-electron chi connectivity index (χ1n) is 12.5. The molecule has 2 aromatic heterocycles. The predicted molar refractivity (Wildman–Crippen MR) is 146 cm³/mol. The molecule has 0 spiro atoms. The lowest BCUT2D eigenvalue weighted by Crippen LogP contribution is -2.17. The Labute approximate surface area is 211 Å². The fourth-order valence-electron chi connectivity index (χ4n) is 6.12. The first kappa shape index (κ1) is 21.2. The molecule has 3 aromatic carbocycles. The van der Waals surface area contributed by atoms with Crippen LogP contribution in [0.5, 0.6) is 0 Å². The SMILES string of the molecule is CC1(C)c2ccccc2-c2ccc(-c3cc4c(cn3)-c3cnc(-c5ccccc5)nc3C4(C)C)cc21. The summed E-state index contributed by atoms with van der Waals surface area (Å²) >= 11 is 0. The predicted octanol–water partition coefficient (Wildman–Crippen LogP) is 7.82. The summed E-state index contributed by atoms with van der Waals surface area (Å²) in [7, 11) is 0. The first-order chi connectivity index (χ1) is 17.4. The second-order valence-corrected chi connectivity index (χ2v) is 11.0. The second-order valence-electron chi connectivity index (χ2n) is 11.0. The Kier molecular flexibility index (Phi) is 4.24. The maximum absolute atomic E-state index is 5.04. The van der Waals surface area contributed by atoms with Gasteiger partial charge in [-0.3, -0.25) is 4.98 Å². The van der Waals surface area contributed by atoms with E-state index >= 15 is 0 Å². The molecule has 36 heavy (non-hydrogen) atoms. The molecule has 174 valence electrons. The third kappa shape index (κ3) is 2.83. The summed E-state index contributed by atoms with van der Waals surface area (Å²) in [4.78, 5) is 14.7. The highest BCUT2D eigenvalue weighted by molar-refractivity contribution is 5.85. The molecule has 0 aliphatic heterocycles. The largest absolute Gasteiger partial charge is 0.256 e. The van der Waals surface area contributed by atoms with Crippen molar-refractivity contribution in [1.29, 1.82) is 0 Å². The Morgan fingerprint density at radius 1 is 0.528 bits per heavy atom. The lowest BCUT2D eigenvalue weighted by molar-refractivity contribution is 0.635. The standard InChI is InChI=1S/C33H27N3/c1-32(2)26-13-9-8-12-22(26)23-15-14-21(16-27(23)32)29-17-28-24(18-34-29)25-19-35-31(20-10-6-5-7-11-20)36-30(25)33(28,3)4/h5-19H,1-4H3. The van der Waals surface area contributed by atoms with Crippen molar-refractivity contribution >= 4 is 0 Å². The van der Waals surface area contributed by atoms with Crippen LogP contribution in [-0.4, -0.2) is 15.0 Å². The van der Waals surface area contributed by atoms with Gasteiger partial charge in [0, 0.05) is 45.5 Å². The third-order valence-electron chi connectivity index (χ3n) is 8.16. The van der Waals surface area contributed by atoms with E-state index in [1.807, 2.05) is 30.6 Å². The van der Waals surface area contributed by atoms with E-state index in [2.05, 4.69) is 88.4 Å². The van der Waals surface area contributed by atoms with Crippen molar-refractivity contribution in [3.8, 4) is 44.9 Å². The lowest BCUT2D eigenvalue weighted by Gasteiger charge is -2.22. The molecule has 5 aromatic rings. The molecule has 2 heterocycles. The quantitative estimate of drug-likeness (QED) is 0.267. The van der Waals surface area contributed by atoms with Gasteiger partial charge in [-0.15, -0.1) is 0 Å². The molecular weight excluding hydrogens is 438 g/mol. The fraction of sp³-hybridized carbons (Fsp3) is 0.182. The average Bonchev–Trinajstić information content (AvgIpc) is 3.28. The molecule has 0 unspecified atom stereocenters. The number of hydrogen-bond acceptors (Lipinski definition) is 3. The normalized spacial score (nSPS) is 15.7. The second kappa shape index (κ2) is 7.20. The lowest BCUT2D eigenvalue weighted by atomic mass is 9.81. The van der Waals surface area contributed by atoms with Crippen LogP contribution in [0.15, 0.2) is 91.3 Å². The molecule has 0 saturated heterocycles. The summed E-state index contributed by atoms with van der Waals surface area (Å²) in [5.74, 6) is 0.767. The Hall–Kier alpha value is -4.11. The van der Waals surface area contributed by atoms with E-state index in [1.165, 1.54) is 27.8 Å². The van der Waals surface area contributed by atoms with Crippen LogP contribution in [0.1, 0.15) is 50.1 Å². The van der Waals surface area contributed by atoms with Crippen LogP contribution in [-0.2, 0) is 10.8 Å². The summed E-state index contributed by atoms with van der Waals surface area (Å²) in [6, 6.07) is 28.0. The number of fused-ring (bicyclic) bond motifs is 6. The number of nitrogens with zero attached hydrogens (tertiary/aromatic N) is 3. The van der Waals surface area contributed by atoms with Gasteiger partial charge in [-0.05, 0) is 39.9 Å². The molecule has 0 amide bonds. The van der Waals surface area contributed by atoms with Gasteiger partial charge in [-0.2, -0.15) is 0 Å². The van der Waals surface area contributed by atoms with E-state index in [1.54, 1.807) is 0 Å². The Balaban J connectivity index is 1.32. The van der Waals surface area contributed by atoms with Crippen molar-refractivity contribution in [3.05, 3.63) is 114 Å². The smallest absolute Gasteiger partial charge is 0.159 e. The van der Waals surface area contributed by atoms with Crippen LogP contribution in [0, 0.1) is 0 Å². The van der Waals surface area contributed by atoms with Crippen LogP contribution < -0.4 is 0 Å². The summed E-state index contributed by atoms with van der Waals surface area (Å²) in [5, 5.41) is 0. The van der Waals surface area contributed by atoms with Crippen molar-refractivity contribution in [2.75, 3.05) is 0 Å². The minimum Gasteiger partial charge on any atom is -0.256 e. The summed E-state index contributed by atoms with van der Waals surface area (Å²) < 4.78 is 0. The average molecular weight is 466 g/mol. The Morgan fingerprint density at radius 3 is 2.06 bits per heavy atom.